The van der Waals surface area contributed by atoms with Crippen LogP contribution in [0.3, 0.4) is 0 Å². The fourth-order valence-electron chi connectivity index (χ4n) is 2.13. The van der Waals surface area contributed by atoms with Crippen molar-refractivity contribution in [3.63, 3.8) is 0 Å². The first-order valence-electron chi connectivity index (χ1n) is 7.75. The minimum Gasteiger partial charge on any atom is -0.377 e. The van der Waals surface area contributed by atoms with Gasteiger partial charge in [-0.25, -0.2) is 0 Å². The van der Waals surface area contributed by atoms with Gasteiger partial charge in [0.2, 0.25) is 0 Å². The van der Waals surface area contributed by atoms with E-state index in [0.717, 1.165) is 31.2 Å². The Kier molecular flexibility index (Phi) is 9.11. The SMILES string of the molecule is COCC(=O)CCCCCCNC(=O)c1ccc(CN)cc1. The number of nitrogens with one attached hydrogen (secondary N) is 1. The van der Waals surface area contributed by atoms with Crippen LogP contribution in [0.2, 0.25) is 0 Å². The predicted octanol–water partition coefficient (Wildman–Crippen LogP) is 2.04. The molecule has 0 radical (unpaired) electrons. The van der Waals surface area contributed by atoms with Gasteiger partial charge in [0.15, 0.2) is 5.78 Å². The Balaban J connectivity index is 2.08. The van der Waals surface area contributed by atoms with Gasteiger partial charge < -0.3 is 15.8 Å². The number of rotatable bonds is 11. The second-order valence-corrected chi connectivity index (χ2v) is 5.29. The van der Waals surface area contributed by atoms with Gasteiger partial charge in [0.25, 0.3) is 5.91 Å². The number of methoxy groups -OCH3 is 1. The molecule has 0 fully saturated rings. The molecule has 0 atom stereocenters. The number of carbonyl (C=O) groups excluding carboxylic acids is 2. The zero-order valence-corrected chi connectivity index (χ0v) is 13.3. The van der Waals surface area contributed by atoms with Gasteiger partial charge in [0.1, 0.15) is 6.61 Å². The van der Waals surface area contributed by atoms with Crippen LogP contribution in [0, 0.1) is 0 Å². The van der Waals surface area contributed by atoms with Crippen molar-refractivity contribution in [3.05, 3.63) is 35.4 Å². The molecule has 5 nitrogen and oxygen atoms in total. The number of benzene rings is 1. The van der Waals surface area contributed by atoms with Gasteiger partial charge in [-0.2, -0.15) is 0 Å². The smallest absolute Gasteiger partial charge is 0.251 e. The Bertz CT molecular complexity index is 457. The van der Waals surface area contributed by atoms with E-state index >= 15 is 0 Å². The molecule has 0 aliphatic heterocycles. The monoisotopic (exact) mass is 306 g/mol. The highest BCUT2D eigenvalue weighted by Gasteiger charge is 2.04. The van der Waals surface area contributed by atoms with Crippen molar-refractivity contribution in [1.29, 1.82) is 0 Å². The molecule has 122 valence electrons. The summed E-state index contributed by atoms with van der Waals surface area (Å²) in [7, 11) is 1.53. The van der Waals surface area contributed by atoms with Crippen molar-refractivity contribution >= 4 is 11.7 Å². The largest absolute Gasteiger partial charge is 0.377 e. The summed E-state index contributed by atoms with van der Waals surface area (Å²) in [6.45, 7) is 1.34. The molecule has 1 aromatic rings. The summed E-state index contributed by atoms with van der Waals surface area (Å²) in [4.78, 5) is 23.1. The molecule has 1 aromatic carbocycles. The topological polar surface area (TPSA) is 81.4 Å². The van der Waals surface area contributed by atoms with Crippen LogP contribution in [0.5, 0.6) is 0 Å². The summed E-state index contributed by atoms with van der Waals surface area (Å²) in [5.74, 6) is 0.0931. The number of carbonyl (C=O) groups is 2. The third kappa shape index (κ3) is 7.33. The first kappa shape index (κ1) is 18.3. The van der Waals surface area contributed by atoms with Crippen molar-refractivity contribution in [2.75, 3.05) is 20.3 Å². The van der Waals surface area contributed by atoms with Crippen molar-refractivity contribution in [3.8, 4) is 0 Å². The molecule has 1 amide bonds. The standard InChI is InChI=1S/C17H26N2O3/c1-22-13-16(20)6-4-2-3-5-11-19-17(21)15-9-7-14(12-18)8-10-15/h7-10H,2-6,11-13,18H2,1H3,(H,19,21). The minimum absolute atomic E-state index is 0.0566. The lowest BCUT2D eigenvalue weighted by atomic mass is 10.1. The first-order chi connectivity index (χ1) is 10.7. The molecule has 0 heterocycles. The van der Waals surface area contributed by atoms with Gasteiger partial charge in [-0.1, -0.05) is 25.0 Å². The Morgan fingerprint density at radius 1 is 1.09 bits per heavy atom. The lowest BCUT2D eigenvalue weighted by Crippen LogP contribution is -2.24. The van der Waals surface area contributed by atoms with Crippen LogP contribution in [-0.4, -0.2) is 32.0 Å². The minimum atomic E-state index is -0.0566. The quantitative estimate of drug-likeness (QED) is 0.613. The molecular formula is C17H26N2O3. The molecule has 0 aromatic heterocycles. The van der Waals surface area contributed by atoms with E-state index in [1.54, 1.807) is 12.1 Å². The molecule has 0 aliphatic carbocycles. The zero-order chi connectivity index (χ0) is 16.2. The molecule has 3 N–H and O–H groups in total. The summed E-state index contributed by atoms with van der Waals surface area (Å²) in [5, 5.41) is 2.90. The van der Waals surface area contributed by atoms with Gasteiger partial charge in [0.05, 0.1) is 0 Å². The van der Waals surface area contributed by atoms with E-state index in [-0.39, 0.29) is 18.3 Å². The van der Waals surface area contributed by atoms with Crippen LogP contribution in [0.25, 0.3) is 0 Å². The zero-order valence-electron chi connectivity index (χ0n) is 13.3. The number of hydrogen-bond donors (Lipinski definition) is 2. The highest BCUT2D eigenvalue weighted by molar-refractivity contribution is 5.94. The Morgan fingerprint density at radius 3 is 2.41 bits per heavy atom. The van der Waals surface area contributed by atoms with Crippen LogP contribution in [0.1, 0.15) is 48.0 Å². The molecule has 0 bridgehead atoms. The number of hydrogen-bond acceptors (Lipinski definition) is 4. The van der Waals surface area contributed by atoms with Gasteiger partial charge >= 0.3 is 0 Å². The Labute approximate surface area is 132 Å². The Hall–Kier alpha value is -1.72. The van der Waals surface area contributed by atoms with E-state index in [1.807, 2.05) is 12.1 Å². The molecule has 0 saturated heterocycles. The molecule has 22 heavy (non-hydrogen) atoms. The lowest BCUT2D eigenvalue weighted by molar-refractivity contribution is -0.122. The molecule has 0 aliphatic rings. The van der Waals surface area contributed by atoms with Gasteiger partial charge in [-0.3, -0.25) is 9.59 Å². The number of Topliss-reactive ketones (excluding diaryl/α,β-unsaturated/α-hetero) is 1. The van der Waals surface area contributed by atoms with E-state index in [4.69, 9.17) is 10.5 Å². The number of ketones is 1. The van der Waals surface area contributed by atoms with Crippen LogP contribution >= 0.6 is 0 Å². The fraction of sp³-hybridized carbons (Fsp3) is 0.529. The summed E-state index contributed by atoms with van der Waals surface area (Å²) >= 11 is 0. The third-order valence-electron chi connectivity index (χ3n) is 3.43. The van der Waals surface area contributed by atoms with Crippen LogP contribution in [0.4, 0.5) is 0 Å². The Morgan fingerprint density at radius 2 is 1.77 bits per heavy atom. The van der Waals surface area contributed by atoms with Crippen molar-refractivity contribution in [1.82, 2.24) is 5.32 Å². The highest BCUT2D eigenvalue weighted by Crippen LogP contribution is 2.05. The van der Waals surface area contributed by atoms with Crippen LogP contribution in [0.15, 0.2) is 24.3 Å². The van der Waals surface area contributed by atoms with Crippen molar-refractivity contribution < 1.29 is 14.3 Å². The second-order valence-electron chi connectivity index (χ2n) is 5.29. The van der Waals surface area contributed by atoms with E-state index < -0.39 is 0 Å². The predicted molar refractivity (Wildman–Crippen MR) is 86.6 cm³/mol. The summed E-state index contributed by atoms with van der Waals surface area (Å²) in [6, 6.07) is 7.32. The average Bonchev–Trinajstić information content (AvgIpc) is 2.54. The second kappa shape index (κ2) is 10.9. The van der Waals surface area contributed by atoms with Crippen LogP contribution in [-0.2, 0) is 16.1 Å². The summed E-state index contributed by atoms with van der Waals surface area (Å²) in [6.07, 6.45) is 4.39. The van der Waals surface area contributed by atoms with E-state index in [0.29, 0.717) is 25.1 Å². The summed E-state index contributed by atoms with van der Waals surface area (Å²) in [5.41, 5.74) is 7.19. The number of unbranched alkanes of at least 4 members (excludes halogenated alkanes) is 3. The molecule has 0 spiro atoms. The molecule has 0 unspecified atom stereocenters. The highest BCUT2D eigenvalue weighted by atomic mass is 16.5. The van der Waals surface area contributed by atoms with Gasteiger partial charge in [-0.15, -0.1) is 0 Å². The van der Waals surface area contributed by atoms with Crippen molar-refractivity contribution in [2.24, 2.45) is 5.73 Å². The maximum absolute atomic E-state index is 11.9. The molecule has 5 heteroatoms. The van der Waals surface area contributed by atoms with E-state index in [2.05, 4.69) is 5.32 Å². The first-order valence-corrected chi connectivity index (χ1v) is 7.75. The number of amides is 1. The molecule has 0 saturated carbocycles. The van der Waals surface area contributed by atoms with Gasteiger partial charge in [-0.05, 0) is 30.5 Å². The van der Waals surface area contributed by atoms with Gasteiger partial charge in [0, 0.05) is 32.2 Å². The average molecular weight is 306 g/mol. The van der Waals surface area contributed by atoms with E-state index in [9.17, 15) is 9.59 Å². The third-order valence-corrected chi connectivity index (χ3v) is 3.43. The number of ether oxygens (including phenoxy) is 1. The maximum atomic E-state index is 11.9. The maximum Gasteiger partial charge on any atom is 0.251 e. The normalized spacial score (nSPS) is 10.5. The van der Waals surface area contributed by atoms with Crippen molar-refractivity contribution in [2.45, 2.75) is 38.6 Å². The summed E-state index contributed by atoms with van der Waals surface area (Å²) < 4.78 is 4.78. The van der Waals surface area contributed by atoms with Crippen LogP contribution < -0.4 is 11.1 Å². The number of nitrogens with two attached hydrogens (primary N) is 1. The lowest BCUT2D eigenvalue weighted by Gasteiger charge is -2.06. The molecular weight excluding hydrogens is 280 g/mol. The van der Waals surface area contributed by atoms with E-state index in [1.165, 1.54) is 7.11 Å². The fourth-order valence-corrected chi connectivity index (χ4v) is 2.13. The molecule has 1 rings (SSSR count).